The van der Waals surface area contributed by atoms with Gasteiger partial charge in [0.1, 0.15) is 0 Å². The molecule has 0 fully saturated rings. The highest BCUT2D eigenvalue weighted by atomic mass is 32.2. The molecule has 92 valence electrons. The fourth-order valence-electron chi connectivity index (χ4n) is 2.19. The normalized spacial score (nSPS) is 15.6. The van der Waals surface area contributed by atoms with Crippen LogP contribution >= 0.6 is 11.8 Å². The number of hydrogen-bond donors (Lipinski definition) is 1. The number of carbonyl (C=O) groups excluding carboxylic acids is 1. The molecule has 1 aromatic carbocycles. The minimum absolute atomic E-state index is 0.0375. The van der Waals surface area contributed by atoms with Crippen LogP contribution in [-0.2, 0) is 6.42 Å². The zero-order chi connectivity index (χ0) is 12.3. The van der Waals surface area contributed by atoms with Crippen molar-refractivity contribution >= 4 is 17.5 Å². The molecule has 0 radical (unpaired) electrons. The van der Waals surface area contributed by atoms with E-state index in [0.29, 0.717) is 0 Å². The van der Waals surface area contributed by atoms with Crippen LogP contribution in [0.5, 0.6) is 0 Å². The number of fused-ring (bicyclic) bond motifs is 1. The molecular weight excluding hydrogens is 230 g/mol. The van der Waals surface area contributed by atoms with Crippen molar-refractivity contribution in [1.82, 2.24) is 5.32 Å². The molecule has 1 aromatic rings. The molecular formula is C14H19NOS. The highest BCUT2D eigenvalue weighted by molar-refractivity contribution is 7.99. The summed E-state index contributed by atoms with van der Waals surface area (Å²) in [7, 11) is 0. The predicted molar refractivity (Wildman–Crippen MR) is 73.0 cm³/mol. The molecule has 0 saturated carbocycles. The maximum Gasteiger partial charge on any atom is 0.179 e. The first-order valence-corrected chi connectivity index (χ1v) is 7.28. The van der Waals surface area contributed by atoms with Crippen molar-refractivity contribution in [3.05, 3.63) is 29.3 Å². The van der Waals surface area contributed by atoms with Crippen molar-refractivity contribution in [2.75, 3.05) is 12.3 Å². The Morgan fingerprint density at radius 3 is 3.00 bits per heavy atom. The third kappa shape index (κ3) is 2.72. The van der Waals surface area contributed by atoms with Gasteiger partial charge in [-0.1, -0.05) is 26.0 Å². The van der Waals surface area contributed by atoms with E-state index in [1.807, 2.05) is 31.7 Å². The quantitative estimate of drug-likeness (QED) is 0.814. The first-order chi connectivity index (χ1) is 8.26. The smallest absolute Gasteiger partial charge is 0.179 e. The van der Waals surface area contributed by atoms with E-state index in [1.165, 1.54) is 10.5 Å². The predicted octanol–water partition coefficient (Wildman–Crippen LogP) is 2.91. The molecule has 1 unspecified atom stereocenters. The molecule has 1 heterocycles. The Labute approximate surface area is 107 Å². The summed E-state index contributed by atoms with van der Waals surface area (Å²) in [5.41, 5.74) is 2.24. The second-order valence-corrected chi connectivity index (χ2v) is 5.44. The molecule has 1 aliphatic heterocycles. The zero-order valence-electron chi connectivity index (χ0n) is 10.5. The van der Waals surface area contributed by atoms with Gasteiger partial charge in [0.2, 0.25) is 0 Å². The first kappa shape index (κ1) is 12.7. The van der Waals surface area contributed by atoms with Gasteiger partial charge >= 0.3 is 0 Å². The van der Waals surface area contributed by atoms with Crippen LogP contribution in [0, 0.1) is 0 Å². The molecule has 0 saturated heterocycles. The van der Waals surface area contributed by atoms with Crippen LogP contribution in [0.15, 0.2) is 23.1 Å². The molecule has 3 heteroatoms. The molecule has 2 rings (SSSR count). The molecule has 2 nitrogen and oxygen atoms in total. The summed E-state index contributed by atoms with van der Waals surface area (Å²) in [5, 5.41) is 3.24. The summed E-state index contributed by atoms with van der Waals surface area (Å²) < 4.78 is 0. The van der Waals surface area contributed by atoms with E-state index in [9.17, 15) is 4.79 Å². The van der Waals surface area contributed by atoms with Gasteiger partial charge in [0, 0.05) is 16.2 Å². The Morgan fingerprint density at radius 1 is 1.47 bits per heavy atom. The monoisotopic (exact) mass is 249 g/mol. The van der Waals surface area contributed by atoms with E-state index in [0.717, 1.165) is 30.7 Å². The van der Waals surface area contributed by atoms with Crippen LogP contribution in [0.3, 0.4) is 0 Å². The second kappa shape index (κ2) is 5.69. The van der Waals surface area contributed by atoms with Gasteiger partial charge in [-0.25, -0.2) is 0 Å². The summed E-state index contributed by atoms with van der Waals surface area (Å²) in [5.74, 6) is 1.38. The highest BCUT2D eigenvalue weighted by Crippen LogP contribution is 2.32. The molecule has 0 bridgehead atoms. The lowest BCUT2D eigenvalue weighted by Gasteiger charge is -2.15. The molecule has 1 aliphatic rings. The van der Waals surface area contributed by atoms with Crippen LogP contribution in [0.4, 0.5) is 0 Å². The van der Waals surface area contributed by atoms with Gasteiger partial charge in [-0.2, -0.15) is 0 Å². The van der Waals surface area contributed by atoms with Crippen molar-refractivity contribution in [3.63, 3.8) is 0 Å². The molecule has 0 aromatic heterocycles. The van der Waals surface area contributed by atoms with E-state index in [4.69, 9.17) is 0 Å². The van der Waals surface area contributed by atoms with Crippen molar-refractivity contribution in [1.29, 1.82) is 0 Å². The van der Waals surface area contributed by atoms with E-state index < -0.39 is 0 Å². The van der Waals surface area contributed by atoms with Gasteiger partial charge < -0.3 is 5.32 Å². The summed E-state index contributed by atoms with van der Waals surface area (Å²) in [6.07, 6.45) is 1.98. The van der Waals surface area contributed by atoms with Gasteiger partial charge in [0.15, 0.2) is 5.78 Å². The van der Waals surface area contributed by atoms with Gasteiger partial charge in [0.05, 0.1) is 6.04 Å². The van der Waals surface area contributed by atoms with Crippen LogP contribution in [0.2, 0.25) is 0 Å². The lowest BCUT2D eigenvalue weighted by atomic mass is 10.0. The fourth-order valence-corrected chi connectivity index (χ4v) is 3.30. The second-order valence-electron chi connectivity index (χ2n) is 4.30. The number of Topliss-reactive ketones (excluding diaryl/α,β-unsaturated/α-hetero) is 1. The van der Waals surface area contributed by atoms with Crippen LogP contribution < -0.4 is 5.32 Å². The Hall–Kier alpha value is -0.800. The number of ketones is 1. The molecule has 0 amide bonds. The molecule has 0 aliphatic carbocycles. The van der Waals surface area contributed by atoms with Gasteiger partial charge in [0.25, 0.3) is 0 Å². The lowest BCUT2D eigenvalue weighted by Crippen LogP contribution is -2.36. The molecule has 0 spiro atoms. The summed E-state index contributed by atoms with van der Waals surface area (Å²) >= 11 is 1.86. The zero-order valence-corrected chi connectivity index (χ0v) is 11.3. The summed E-state index contributed by atoms with van der Waals surface area (Å²) in [6, 6.07) is 6.12. The number of aryl methyl sites for hydroxylation is 1. The van der Waals surface area contributed by atoms with Gasteiger partial charge in [-0.15, -0.1) is 11.8 Å². The van der Waals surface area contributed by atoms with Crippen LogP contribution in [0.25, 0.3) is 0 Å². The van der Waals surface area contributed by atoms with Crippen LogP contribution in [-0.4, -0.2) is 24.1 Å². The number of thioether (sulfide) groups is 1. The number of benzene rings is 1. The number of hydrogen-bond acceptors (Lipinski definition) is 3. The summed E-state index contributed by atoms with van der Waals surface area (Å²) in [6.45, 7) is 4.92. The number of likely N-dealkylation sites (N-methyl/N-ethyl adjacent to an activating group) is 1. The Kier molecular flexibility index (Phi) is 4.24. The average Bonchev–Trinajstić information content (AvgIpc) is 2.82. The minimum Gasteiger partial charge on any atom is -0.307 e. The molecule has 1 N–H and O–H groups in total. The first-order valence-electron chi connectivity index (χ1n) is 6.29. The highest BCUT2D eigenvalue weighted by Gasteiger charge is 2.19. The van der Waals surface area contributed by atoms with E-state index in [1.54, 1.807) is 0 Å². The Morgan fingerprint density at radius 2 is 2.29 bits per heavy atom. The maximum atomic E-state index is 12.3. The molecule has 1 atom stereocenters. The van der Waals surface area contributed by atoms with E-state index in [2.05, 4.69) is 17.4 Å². The Balaban J connectivity index is 2.19. The number of nitrogens with one attached hydrogen (secondary N) is 1. The number of rotatable bonds is 5. The van der Waals surface area contributed by atoms with Crippen molar-refractivity contribution in [2.45, 2.75) is 37.6 Å². The van der Waals surface area contributed by atoms with E-state index >= 15 is 0 Å². The van der Waals surface area contributed by atoms with Crippen molar-refractivity contribution in [3.8, 4) is 0 Å². The topological polar surface area (TPSA) is 29.1 Å². The third-order valence-electron chi connectivity index (χ3n) is 3.16. The van der Waals surface area contributed by atoms with Crippen LogP contribution in [0.1, 0.15) is 36.2 Å². The summed E-state index contributed by atoms with van der Waals surface area (Å²) in [4.78, 5) is 13.6. The standard InChI is InChI=1S/C14H19NOS/c1-3-12(15-4-2)14(16)11-6-5-10-7-8-17-13(10)9-11/h5-6,9,12,15H,3-4,7-8H2,1-2H3. The SMILES string of the molecule is CCNC(CC)C(=O)c1ccc2c(c1)SCC2. The third-order valence-corrected chi connectivity index (χ3v) is 4.26. The number of carbonyl (C=O) groups is 1. The van der Waals surface area contributed by atoms with Gasteiger partial charge in [-0.3, -0.25) is 4.79 Å². The lowest BCUT2D eigenvalue weighted by molar-refractivity contribution is 0.0941. The van der Waals surface area contributed by atoms with Gasteiger partial charge in [-0.05, 0) is 31.0 Å². The fraction of sp³-hybridized carbons (Fsp3) is 0.500. The van der Waals surface area contributed by atoms with Crippen molar-refractivity contribution < 1.29 is 4.79 Å². The minimum atomic E-state index is -0.0375. The largest absolute Gasteiger partial charge is 0.307 e. The average molecular weight is 249 g/mol. The maximum absolute atomic E-state index is 12.3. The van der Waals surface area contributed by atoms with Crippen molar-refractivity contribution in [2.24, 2.45) is 0 Å². The molecule has 17 heavy (non-hydrogen) atoms. The Bertz CT molecular complexity index is 417. The van der Waals surface area contributed by atoms with E-state index in [-0.39, 0.29) is 11.8 Å².